The van der Waals surface area contributed by atoms with Crippen LogP contribution < -0.4 is 5.32 Å². The number of nitriles is 1. The maximum atomic E-state index is 9.09. The third-order valence-electron chi connectivity index (χ3n) is 4.25. The Morgan fingerprint density at radius 3 is 3.13 bits per heavy atom. The Morgan fingerprint density at radius 2 is 2.39 bits per heavy atom. The van der Waals surface area contributed by atoms with Crippen molar-refractivity contribution in [2.75, 3.05) is 25.0 Å². The van der Waals surface area contributed by atoms with Gasteiger partial charge in [-0.1, -0.05) is 0 Å². The smallest absolute Gasteiger partial charge is 0.233 e. The molecule has 1 saturated heterocycles. The monoisotopic (exact) mass is 312 g/mol. The summed E-state index contributed by atoms with van der Waals surface area (Å²) in [6.45, 7) is 6.67. The summed E-state index contributed by atoms with van der Waals surface area (Å²) in [6, 6.07) is 5.84. The van der Waals surface area contributed by atoms with Crippen molar-refractivity contribution in [2.24, 2.45) is 5.92 Å². The van der Waals surface area contributed by atoms with Gasteiger partial charge in [-0.25, -0.2) is 4.98 Å². The zero-order valence-corrected chi connectivity index (χ0v) is 13.4. The number of hydrogen-bond acceptors (Lipinski definition) is 7. The van der Waals surface area contributed by atoms with E-state index in [0.717, 1.165) is 26.1 Å². The fourth-order valence-electron chi connectivity index (χ4n) is 2.90. The number of anilines is 1. The summed E-state index contributed by atoms with van der Waals surface area (Å²) in [4.78, 5) is 6.58. The largest absolute Gasteiger partial charge is 0.424 e. The standard InChI is InChI=1S/C16H20N6O/c1-11(16-21-20-12(2)23-16)22-7-5-13(10-22)9-19-15-14(8-17)4-3-6-18-15/h3-4,6,11,13H,5,7,9-10H2,1-2H3,(H,18,19)/t11-,13+/m0/s1. The number of aromatic nitrogens is 3. The summed E-state index contributed by atoms with van der Waals surface area (Å²) in [7, 11) is 0. The quantitative estimate of drug-likeness (QED) is 0.904. The second kappa shape index (κ2) is 6.75. The molecular weight excluding hydrogens is 292 g/mol. The molecule has 0 aliphatic carbocycles. The van der Waals surface area contributed by atoms with Crippen LogP contribution in [0.2, 0.25) is 0 Å². The number of aryl methyl sites for hydroxylation is 1. The molecular formula is C16H20N6O. The first kappa shape index (κ1) is 15.4. The molecule has 120 valence electrons. The van der Waals surface area contributed by atoms with Gasteiger partial charge in [0.2, 0.25) is 11.8 Å². The van der Waals surface area contributed by atoms with Gasteiger partial charge in [0, 0.05) is 26.2 Å². The average Bonchev–Trinajstić information content (AvgIpc) is 3.21. The minimum Gasteiger partial charge on any atom is -0.424 e. The number of likely N-dealkylation sites (tertiary alicyclic amines) is 1. The van der Waals surface area contributed by atoms with Crippen molar-refractivity contribution >= 4 is 5.82 Å². The van der Waals surface area contributed by atoms with E-state index in [1.807, 2.05) is 0 Å². The average molecular weight is 312 g/mol. The van der Waals surface area contributed by atoms with Gasteiger partial charge in [0.05, 0.1) is 11.6 Å². The lowest BCUT2D eigenvalue weighted by molar-refractivity contribution is 0.216. The molecule has 1 aliphatic rings. The summed E-state index contributed by atoms with van der Waals surface area (Å²) in [5, 5.41) is 20.4. The molecule has 0 amide bonds. The molecule has 7 heteroatoms. The molecule has 23 heavy (non-hydrogen) atoms. The molecule has 0 unspecified atom stereocenters. The van der Waals surface area contributed by atoms with Crippen LogP contribution in [-0.4, -0.2) is 39.7 Å². The molecule has 3 rings (SSSR count). The Labute approximate surface area is 135 Å². The maximum absolute atomic E-state index is 9.09. The predicted molar refractivity (Wildman–Crippen MR) is 84.6 cm³/mol. The first-order valence-electron chi connectivity index (χ1n) is 7.80. The molecule has 0 bridgehead atoms. The van der Waals surface area contributed by atoms with E-state index in [0.29, 0.717) is 29.1 Å². The van der Waals surface area contributed by atoms with E-state index in [1.165, 1.54) is 0 Å². The van der Waals surface area contributed by atoms with Crippen LogP contribution in [0.5, 0.6) is 0 Å². The lowest BCUT2D eigenvalue weighted by Crippen LogP contribution is -2.26. The van der Waals surface area contributed by atoms with Gasteiger partial charge in [0.25, 0.3) is 0 Å². The summed E-state index contributed by atoms with van der Waals surface area (Å²) in [5.41, 5.74) is 0.581. The van der Waals surface area contributed by atoms with Crippen molar-refractivity contribution in [3.05, 3.63) is 35.7 Å². The topological polar surface area (TPSA) is 90.9 Å². The Morgan fingerprint density at radius 1 is 1.52 bits per heavy atom. The van der Waals surface area contributed by atoms with Gasteiger partial charge in [0.15, 0.2) is 0 Å². The first-order valence-corrected chi connectivity index (χ1v) is 7.80. The maximum Gasteiger partial charge on any atom is 0.233 e. The molecule has 2 aromatic heterocycles. The minimum atomic E-state index is 0.130. The highest BCUT2D eigenvalue weighted by molar-refractivity contribution is 5.51. The molecule has 3 heterocycles. The zero-order valence-electron chi connectivity index (χ0n) is 13.4. The Balaban J connectivity index is 1.55. The van der Waals surface area contributed by atoms with Gasteiger partial charge in [-0.3, -0.25) is 4.90 Å². The van der Waals surface area contributed by atoms with E-state index in [2.05, 4.69) is 38.4 Å². The van der Waals surface area contributed by atoms with Gasteiger partial charge in [-0.2, -0.15) is 5.26 Å². The highest BCUT2D eigenvalue weighted by Crippen LogP contribution is 2.27. The van der Waals surface area contributed by atoms with Crippen LogP contribution in [0.25, 0.3) is 0 Å². The van der Waals surface area contributed by atoms with Crippen molar-refractivity contribution in [1.29, 1.82) is 5.26 Å². The van der Waals surface area contributed by atoms with E-state index in [1.54, 1.807) is 25.3 Å². The molecule has 0 spiro atoms. The molecule has 2 aromatic rings. The molecule has 0 radical (unpaired) electrons. The fraction of sp³-hybridized carbons (Fsp3) is 0.500. The van der Waals surface area contributed by atoms with Gasteiger partial charge in [0.1, 0.15) is 11.9 Å². The van der Waals surface area contributed by atoms with Gasteiger partial charge >= 0.3 is 0 Å². The Hall–Kier alpha value is -2.46. The van der Waals surface area contributed by atoms with E-state index in [-0.39, 0.29) is 6.04 Å². The van der Waals surface area contributed by atoms with Crippen molar-refractivity contribution in [1.82, 2.24) is 20.1 Å². The first-order chi connectivity index (χ1) is 11.2. The van der Waals surface area contributed by atoms with Gasteiger partial charge in [-0.15, -0.1) is 10.2 Å². The lowest BCUT2D eigenvalue weighted by Gasteiger charge is -2.21. The van der Waals surface area contributed by atoms with E-state index < -0.39 is 0 Å². The number of pyridine rings is 1. The highest BCUT2D eigenvalue weighted by Gasteiger charge is 2.29. The van der Waals surface area contributed by atoms with Gasteiger partial charge in [-0.05, 0) is 37.9 Å². The van der Waals surface area contributed by atoms with Crippen LogP contribution in [0.4, 0.5) is 5.82 Å². The van der Waals surface area contributed by atoms with Crippen molar-refractivity contribution in [3.8, 4) is 6.07 Å². The summed E-state index contributed by atoms with van der Waals surface area (Å²) in [6.07, 6.45) is 2.79. The Kier molecular flexibility index (Phi) is 4.53. The molecule has 0 aromatic carbocycles. The van der Waals surface area contributed by atoms with Crippen molar-refractivity contribution < 1.29 is 4.42 Å². The number of nitrogens with one attached hydrogen (secondary N) is 1. The van der Waals surface area contributed by atoms with Crippen LogP contribution in [0.15, 0.2) is 22.7 Å². The van der Waals surface area contributed by atoms with E-state index in [9.17, 15) is 0 Å². The summed E-state index contributed by atoms with van der Waals surface area (Å²) < 4.78 is 5.53. The van der Waals surface area contributed by atoms with Crippen LogP contribution in [0.3, 0.4) is 0 Å². The molecule has 0 saturated carbocycles. The second-order valence-electron chi connectivity index (χ2n) is 5.88. The third kappa shape index (κ3) is 3.48. The molecule has 7 nitrogen and oxygen atoms in total. The lowest BCUT2D eigenvalue weighted by atomic mass is 10.1. The number of rotatable bonds is 5. The van der Waals surface area contributed by atoms with Crippen LogP contribution in [0.1, 0.15) is 36.7 Å². The van der Waals surface area contributed by atoms with Gasteiger partial charge < -0.3 is 9.73 Å². The number of hydrogen-bond donors (Lipinski definition) is 1. The Bertz CT molecular complexity index is 707. The zero-order chi connectivity index (χ0) is 16.2. The second-order valence-corrected chi connectivity index (χ2v) is 5.88. The normalized spacial score (nSPS) is 19.4. The predicted octanol–water partition coefficient (Wildman–Crippen LogP) is 2.14. The van der Waals surface area contributed by atoms with E-state index >= 15 is 0 Å². The summed E-state index contributed by atoms with van der Waals surface area (Å²) in [5.74, 6) is 2.44. The fourth-order valence-corrected chi connectivity index (χ4v) is 2.90. The van der Waals surface area contributed by atoms with Crippen molar-refractivity contribution in [2.45, 2.75) is 26.3 Å². The molecule has 1 aliphatic heterocycles. The third-order valence-corrected chi connectivity index (χ3v) is 4.25. The van der Waals surface area contributed by atoms with Crippen LogP contribution in [0, 0.1) is 24.2 Å². The van der Waals surface area contributed by atoms with E-state index in [4.69, 9.17) is 9.68 Å². The molecule has 1 fully saturated rings. The molecule has 1 N–H and O–H groups in total. The highest BCUT2D eigenvalue weighted by atomic mass is 16.4. The number of nitrogens with zero attached hydrogens (tertiary/aromatic N) is 5. The van der Waals surface area contributed by atoms with Crippen LogP contribution >= 0.6 is 0 Å². The summed E-state index contributed by atoms with van der Waals surface area (Å²) >= 11 is 0. The van der Waals surface area contributed by atoms with Crippen molar-refractivity contribution in [3.63, 3.8) is 0 Å². The van der Waals surface area contributed by atoms with Crippen LogP contribution in [-0.2, 0) is 0 Å². The molecule has 2 atom stereocenters. The SMILES string of the molecule is Cc1nnc([C@H](C)N2CC[C@H](CNc3ncccc3C#N)C2)o1. The minimum absolute atomic E-state index is 0.130.